The van der Waals surface area contributed by atoms with Crippen LogP contribution in [0, 0.1) is 11.3 Å². The standard InChI is InChI=1S/C22H20N4O3/c1-28-18-9-3-2-8-17(18)24-20(27)13-19-25-21(29-26-19)22(10-5-11-22)16-7-4-6-15(12-16)14-23/h2-4,6-9,12H,5,10-11,13H2,1H3,(H,24,27). The lowest BCUT2D eigenvalue weighted by Gasteiger charge is -2.38. The highest BCUT2D eigenvalue weighted by molar-refractivity contribution is 5.93. The van der Waals surface area contributed by atoms with Gasteiger partial charge >= 0.3 is 0 Å². The highest BCUT2D eigenvalue weighted by atomic mass is 16.5. The number of para-hydroxylation sites is 2. The number of nitrogens with one attached hydrogen (secondary N) is 1. The lowest BCUT2D eigenvalue weighted by Crippen LogP contribution is -2.36. The van der Waals surface area contributed by atoms with Crippen molar-refractivity contribution in [3.8, 4) is 11.8 Å². The number of anilines is 1. The van der Waals surface area contributed by atoms with Gasteiger partial charge in [0.1, 0.15) is 5.75 Å². The third kappa shape index (κ3) is 3.57. The molecule has 1 aliphatic rings. The maximum Gasteiger partial charge on any atom is 0.237 e. The molecule has 1 amide bonds. The molecular formula is C22H20N4O3. The van der Waals surface area contributed by atoms with Crippen LogP contribution in [0.2, 0.25) is 0 Å². The van der Waals surface area contributed by atoms with Gasteiger partial charge < -0.3 is 14.6 Å². The Morgan fingerprint density at radius 2 is 2.10 bits per heavy atom. The van der Waals surface area contributed by atoms with Crippen molar-refractivity contribution in [1.29, 1.82) is 5.26 Å². The van der Waals surface area contributed by atoms with E-state index in [9.17, 15) is 10.1 Å². The molecule has 1 fully saturated rings. The molecule has 0 spiro atoms. The van der Waals surface area contributed by atoms with Gasteiger partial charge in [-0.1, -0.05) is 35.8 Å². The fraction of sp³-hybridized carbons (Fsp3) is 0.273. The molecule has 0 radical (unpaired) electrons. The summed E-state index contributed by atoms with van der Waals surface area (Å²) in [6.07, 6.45) is 2.78. The second kappa shape index (κ2) is 7.76. The molecule has 0 atom stereocenters. The van der Waals surface area contributed by atoms with Crippen molar-refractivity contribution >= 4 is 11.6 Å². The molecule has 1 aromatic heterocycles. The summed E-state index contributed by atoms with van der Waals surface area (Å²) in [4.78, 5) is 16.9. The number of hydrogen-bond donors (Lipinski definition) is 1. The molecule has 1 aliphatic carbocycles. The van der Waals surface area contributed by atoms with E-state index >= 15 is 0 Å². The first-order valence-electron chi connectivity index (χ1n) is 9.41. The monoisotopic (exact) mass is 388 g/mol. The molecule has 7 nitrogen and oxygen atoms in total. The molecule has 0 bridgehead atoms. The number of nitriles is 1. The lowest BCUT2D eigenvalue weighted by atomic mass is 9.64. The number of aromatic nitrogens is 2. The Hall–Kier alpha value is -3.66. The minimum absolute atomic E-state index is 0.00410. The highest BCUT2D eigenvalue weighted by Gasteiger charge is 2.45. The van der Waals surface area contributed by atoms with Crippen molar-refractivity contribution in [2.75, 3.05) is 12.4 Å². The van der Waals surface area contributed by atoms with Gasteiger partial charge in [-0.05, 0) is 42.7 Å². The number of nitrogens with zero attached hydrogens (tertiary/aromatic N) is 3. The molecule has 0 unspecified atom stereocenters. The van der Waals surface area contributed by atoms with Crippen LogP contribution in [-0.2, 0) is 16.6 Å². The average molecular weight is 388 g/mol. The Kier molecular flexibility index (Phi) is 5.00. The number of methoxy groups -OCH3 is 1. The predicted molar refractivity (Wildman–Crippen MR) is 105 cm³/mol. The molecule has 7 heteroatoms. The van der Waals surface area contributed by atoms with Crippen LogP contribution >= 0.6 is 0 Å². The summed E-state index contributed by atoms with van der Waals surface area (Å²) in [5.41, 5.74) is 1.81. The number of benzene rings is 2. The second-order valence-corrected chi connectivity index (χ2v) is 7.07. The molecule has 146 valence electrons. The predicted octanol–water partition coefficient (Wildman–Crippen LogP) is 3.60. The van der Waals surface area contributed by atoms with E-state index < -0.39 is 0 Å². The number of carbonyl (C=O) groups excluding carboxylic acids is 1. The van der Waals surface area contributed by atoms with E-state index in [1.807, 2.05) is 30.3 Å². The summed E-state index contributed by atoms with van der Waals surface area (Å²) in [6.45, 7) is 0. The van der Waals surface area contributed by atoms with Crippen molar-refractivity contribution in [3.05, 3.63) is 71.4 Å². The smallest absolute Gasteiger partial charge is 0.237 e. The van der Waals surface area contributed by atoms with Crippen LogP contribution in [0.3, 0.4) is 0 Å². The van der Waals surface area contributed by atoms with Crippen molar-refractivity contribution in [1.82, 2.24) is 10.1 Å². The molecule has 2 aromatic carbocycles. The Morgan fingerprint density at radius 1 is 1.28 bits per heavy atom. The number of hydrogen-bond acceptors (Lipinski definition) is 6. The quantitative estimate of drug-likeness (QED) is 0.692. The minimum atomic E-state index is -0.378. The summed E-state index contributed by atoms with van der Waals surface area (Å²) >= 11 is 0. The molecular weight excluding hydrogens is 368 g/mol. The van der Waals surface area contributed by atoms with Gasteiger partial charge in [0, 0.05) is 0 Å². The van der Waals surface area contributed by atoms with Crippen molar-refractivity contribution in [2.24, 2.45) is 0 Å². The SMILES string of the molecule is COc1ccccc1NC(=O)Cc1noc(C2(c3cccc(C#N)c3)CCC2)n1. The third-order valence-corrected chi connectivity index (χ3v) is 5.33. The van der Waals surface area contributed by atoms with Gasteiger partial charge in [-0.2, -0.15) is 10.2 Å². The van der Waals surface area contributed by atoms with E-state index in [4.69, 9.17) is 9.26 Å². The first-order valence-corrected chi connectivity index (χ1v) is 9.41. The molecule has 1 saturated carbocycles. The largest absolute Gasteiger partial charge is 0.495 e. The van der Waals surface area contributed by atoms with E-state index in [2.05, 4.69) is 21.5 Å². The minimum Gasteiger partial charge on any atom is -0.495 e. The topological polar surface area (TPSA) is 101 Å². The van der Waals surface area contributed by atoms with Crippen molar-refractivity contribution in [3.63, 3.8) is 0 Å². The van der Waals surface area contributed by atoms with E-state index in [0.717, 1.165) is 24.8 Å². The van der Waals surface area contributed by atoms with Crippen LogP contribution in [0.1, 0.15) is 42.1 Å². The van der Waals surface area contributed by atoms with Crippen LogP contribution in [0.15, 0.2) is 53.1 Å². The summed E-state index contributed by atoms with van der Waals surface area (Å²) in [6, 6.07) is 16.9. The first-order chi connectivity index (χ1) is 14.1. The number of amides is 1. The van der Waals surface area contributed by atoms with Crippen LogP contribution < -0.4 is 10.1 Å². The third-order valence-electron chi connectivity index (χ3n) is 5.33. The summed E-state index contributed by atoms with van der Waals surface area (Å²) in [5.74, 6) is 1.16. The van der Waals surface area contributed by atoms with Gasteiger partial charge in [0.2, 0.25) is 11.8 Å². The average Bonchev–Trinajstić information content (AvgIpc) is 3.16. The van der Waals surface area contributed by atoms with Crippen LogP contribution in [-0.4, -0.2) is 23.2 Å². The van der Waals surface area contributed by atoms with Crippen LogP contribution in [0.25, 0.3) is 0 Å². The summed E-state index contributed by atoms with van der Waals surface area (Å²) in [5, 5.41) is 16.0. The van der Waals surface area contributed by atoms with E-state index in [-0.39, 0.29) is 17.7 Å². The van der Waals surface area contributed by atoms with Gasteiger partial charge in [0.25, 0.3) is 0 Å². The van der Waals surface area contributed by atoms with E-state index in [1.165, 1.54) is 0 Å². The zero-order chi connectivity index (χ0) is 20.3. The highest BCUT2D eigenvalue weighted by Crippen LogP contribution is 2.48. The number of carbonyl (C=O) groups is 1. The fourth-order valence-electron chi connectivity index (χ4n) is 3.65. The molecule has 4 rings (SSSR count). The molecule has 3 aromatic rings. The van der Waals surface area contributed by atoms with E-state index in [0.29, 0.717) is 28.7 Å². The van der Waals surface area contributed by atoms with Gasteiger partial charge in [-0.15, -0.1) is 0 Å². The van der Waals surface area contributed by atoms with Crippen molar-refractivity contribution < 1.29 is 14.1 Å². The zero-order valence-electron chi connectivity index (χ0n) is 16.0. The fourth-order valence-corrected chi connectivity index (χ4v) is 3.65. The molecule has 0 saturated heterocycles. The van der Waals surface area contributed by atoms with Gasteiger partial charge in [-0.3, -0.25) is 4.79 Å². The Balaban J connectivity index is 1.52. The summed E-state index contributed by atoms with van der Waals surface area (Å²) < 4.78 is 10.8. The van der Waals surface area contributed by atoms with E-state index in [1.54, 1.807) is 25.3 Å². The van der Waals surface area contributed by atoms with Crippen LogP contribution in [0.4, 0.5) is 5.69 Å². The molecule has 29 heavy (non-hydrogen) atoms. The van der Waals surface area contributed by atoms with Gasteiger partial charge in [-0.25, -0.2) is 0 Å². The molecule has 0 aliphatic heterocycles. The van der Waals surface area contributed by atoms with Crippen molar-refractivity contribution in [2.45, 2.75) is 31.1 Å². The Morgan fingerprint density at radius 3 is 2.83 bits per heavy atom. The van der Waals surface area contributed by atoms with Gasteiger partial charge in [0.15, 0.2) is 5.82 Å². The number of ether oxygens (including phenoxy) is 1. The maximum absolute atomic E-state index is 12.4. The Bertz CT molecular complexity index is 1080. The Labute approximate surface area is 168 Å². The van der Waals surface area contributed by atoms with Gasteiger partial charge in [0.05, 0.1) is 36.3 Å². The maximum atomic E-state index is 12.4. The molecule has 1 N–H and O–H groups in total. The van der Waals surface area contributed by atoms with Crippen LogP contribution in [0.5, 0.6) is 5.75 Å². The number of rotatable bonds is 6. The first kappa shape index (κ1) is 18.7. The lowest BCUT2D eigenvalue weighted by molar-refractivity contribution is -0.115. The normalized spacial score (nSPS) is 14.5. The second-order valence-electron chi connectivity index (χ2n) is 7.07. The summed E-state index contributed by atoms with van der Waals surface area (Å²) in [7, 11) is 1.55. The molecule has 1 heterocycles. The zero-order valence-corrected chi connectivity index (χ0v) is 16.0.